The van der Waals surface area contributed by atoms with Gasteiger partial charge in [-0.3, -0.25) is 9.59 Å². The third-order valence-electron chi connectivity index (χ3n) is 5.57. The van der Waals surface area contributed by atoms with Crippen molar-refractivity contribution in [1.82, 2.24) is 5.32 Å². The zero-order valence-electron chi connectivity index (χ0n) is 18.9. The number of carbonyl (C=O) groups excluding carboxylic acids is 2. The summed E-state index contributed by atoms with van der Waals surface area (Å²) in [5.74, 6) is 0.807. The van der Waals surface area contributed by atoms with Crippen molar-refractivity contribution in [1.29, 1.82) is 0 Å². The summed E-state index contributed by atoms with van der Waals surface area (Å²) in [6, 6.07) is 15.5. The van der Waals surface area contributed by atoms with Gasteiger partial charge in [0.25, 0.3) is 5.91 Å². The first-order valence-electron chi connectivity index (χ1n) is 11.2. The minimum atomic E-state index is -0.121. The second-order valence-corrected chi connectivity index (χ2v) is 9.20. The number of nitrogens with zero attached hydrogens (tertiary/aromatic N) is 1. The molecule has 0 radical (unpaired) electrons. The van der Waals surface area contributed by atoms with Crippen molar-refractivity contribution >= 4 is 35.0 Å². The Morgan fingerprint density at radius 1 is 1.12 bits per heavy atom. The van der Waals surface area contributed by atoms with Crippen LogP contribution in [0.15, 0.2) is 53.4 Å². The highest BCUT2D eigenvalue weighted by molar-refractivity contribution is 8.00. The molecule has 0 unspecified atom stereocenters. The van der Waals surface area contributed by atoms with Gasteiger partial charge in [-0.2, -0.15) is 0 Å². The molecule has 2 amide bonds. The summed E-state index contributed by atoms with van der Waals surface area (Å²) in [6.45, 7) is 5.29. The summed E-state index contributed by atoms with van der Waals surface area (Å²) in [5, 5.41) is 5.93. The van der Waals surface area contributed by atoms with Crippen LogP contribution in [0.1, 0.15) is 36.5 Å². The number of benzene rings is 2. The lowest BCUT2D eigenvalue weighted by Crippen LogP contribution is -2.35. The van der Waals surface area contributed by atoms with E-state index in [9.17, 15) is 9.59 Å². The summed E-state index contributed by atoms with van der Waals surface area (Å²) in [7, 11) is 1.65. The molecular weight excluding hydrogens is 422 g/mol. The van der Waals surface area contributed by atoms with Gasteiger partial charge in [-0.15, -0.1) is 11.8 Å². The number of thioether (sulfide) groups is 1. The Labute approximate surface area is 195 Å². The standard InChI is InChI=1S/C25H33N3O3S/c1-19-11-14-28(15-12-19)23-10-9-20(17-22(23)25(30)26-13-6-16-31-2)27-24(29)18-32-21-7-4-3-5-8-21/h3-5,7-10,17,19H,6,11-16,18H2,1-2H3,(H,26,30)(H,27,29). The number of anilines is 2. The molecule has 2 N–H and O–H groups in total. The van der Waals surface area contributed by atoms with Crippen molar-refractivity contribution in [2.24, 2.45) is 5.92 Å². The van der Waals surface area contributed by atoms with E-state index >= 15 is 0 Å². The second kappa shape index (κ2) is 12.5. The number of methoxy groups -OCH3 is 1. The number of carbonyl (C=O) groups is 2. The number of amides is 2. The van der Waals surface area contributed by atoms with E-state index in [1.807, 2.05) is 42.5 Å². The lowest BCUT2D eigenvalue weighted by molar-refractivity contribution is -0.113. The topological polar surface area (TPSA) is 70.7 Å². The average molecular weight is 456 g/mol. The summed E-state index contributed by atoms with van der Waals surface area (Å²) in [6.07, 6.45) is 2.99. The average Bonchev–Trinajstić information content (AvgIpc) is 2.82. The maximum absolute atomic E-state index is 13.0. The molecular formula is C25H33N3O3S. The summed E-state index contributed by atoms with van der Waals surface area (Å²) >= 11 is 1.49. The second-order valence-electron chi connectivity index (χ2n) is 8.15. The fourth-order valence-electron chi connectivity index (χ4n) is 3.70. The SMILES string of the molecule is COCCCNC(=O)c1cc(NC(=O)CSc2ccccc2)ccc1N1CCC(C)CC1. The van der Waals surface area contributed by atoms with Gasteiger partial charge in [0, 0.05) is 49.6 Å². The van der Waals surface area contributed by atoms with Gasteiger partial charge >= 0.3 is 0 Å². The molecule has 2 aromatic carbocycles. The Kier molecular flexibility index (Phi) is 9.43. The van der Waals surface area contributed by atoms with E-state index in [4.69, 9.17) is 4.74 Å². The molecule has 3 rings (SSSR count). The minimum absolute atomic E-state index is 0.0927. The lowest BCUT2D eigenvalue weighted by atomic mass is 9.97. The molecule has 0 saturated carbocycles. The Bertz CT molecular complexity index is 883. The summed E-state index contributed by atoms with van der Waals surface area (Å²) < 4.78 is 5.07. The molecule has 0 aromatic heterocycles. The molecule has 0 spiro atoms. The van der Waals surface area contributed by atoms with Gasteiger partial charge in [0.1, 0.15) is 0 Å². The third kappa shape index (κ3) is 7.28. The molecule has 2 aromatic rings. The molecule has 32 heavy (non-hydrogen) atoms. The zero-order valence-corrected chi connectivity index (χ0v) is 19.7. The van der Waals surface area contributed by atoms with Crippen molar-refractivity contribution in [2.75, 3.05) is 49.3 Å². The summed E-state index contributed by atoms with van der Waals surface area (Å²) in [4.78, 5) is 28.8. The maximum Gasteiger partial charge on any atom is 0.253 e. The molecule has 1 heterocycles. The number of nitrogens with one attached hydrogen (secondary N) is 2. The normalized spacial score (nSPS) is 14.2. The maximum atomic E-state index is 13.0. The van der Waals surface area contributed by atoms with Gasteiger partial charge < -0.3 is 20.3 Å². The summed E-state index contributed by atoms with van der Waals surface area (Å²) in [5.41, 5.74) is 2.17. The van der Waals surface area contributed by atoms with E-state index in [1.54, 1.807) is 13.2 Å². The van der Waals surface area contributed by atoms with Crippen LogP contribution in [-0.2, 0) is 9.53 Å². The van der Waals surface area contributed by atoms with Gasteiger partial charge in [-0.05, 0) is 55.5 Å². The van der Waals surface area contributed by atoms with Crippen LogP contribution in [0.5, 0.6) is 0 Å². The van der Waals surface area contributed by atoms with E-state index in [-0.39, 0.29) is 11.8 Å². The number of rotatable bonds is 10. The van der Waals surface area contributed by atoms with Crippen molar-refractivity contribution < 1.29 is 14.3 Å². The first kappa shape index (κ1) is 24.1. The highest BCUT2D eigenvalue weighted by atomic mass is 32.2. The lowest BCUT2D eigenvalue weighted by Gasteiger charge is -2.33. The molecule has 1 aliphatic heterocycles. The first-order chi connectivity index (χ1) is 15.6. The van der Waals surface area contributed by atoms with Crippen molar-refractivity contribution in [3.63, 3.8) is 0 Å². The van der Waals surface area contributed by atoms with Crippen LogP contribution in [0.2, 0.25) is 0 Å². The van der Waals surface area contributed by atoms with Gasteiger partial charge in [0.2, 0.25) is 5.91 Å². The first-order valence-corrected chi connectivity index (χ1v) is 12.2. The Hall–Kier alpha value is -2.51. The number of ether oxygens (including phenoxy) is 1. The minimum Gasteiger partial charge on any atom is -0.385 e. The van der Waals surface area contributed by atoms with Crippen LogP contribution in [-0.4, -0.2) is 50.9 Å². The van der Waals surface area contributed by atoms with Crippen LogP contribution in [0.4, 0.5) is 11.4 Å². The number of piperidine rings is 1. The Balaban J connectivity index is 1.69. The van der Waals surface area contributed by atoms with E-state index < -0.39 is 0 Å². The van der Waals surface area contributed by atoms with Crippen LogP contribution in [0.3, 0.4) is 0 Å². The smallest absolute Gasteiger partial charge is 0.253 e. The van der Waals surface area contributed by atoms with E-state index in [0.717, 1.165) is 42.9 Å². The third-order valence-corrected chi connectivity index (χ3v) is 6.59. The van der Waals surface area contributed by atoms with Gasteiger partial charge in [0.15, 0.2) is 0 Å². The van der Waals surface area contributed by atoms with Crippen LogP contribution >= 0.6 is 11.8 Å². The van der Waals surface area contributed by atoms with Crippen molar-refractivity contribution in [3.05, 3.63) is 54.1 Å². The zero-order chi connectivity index (χ0) is 22.8. The fraction of sp³-hybridized carbons (Fsp3) is 0.440. The van der Waals surface area contributed by atoms with Crippen LogP contribution in [0.25, 0.3) is 0 Å². The molecule has 7 heteroatoms. The predicted molar refractivity (Wildman–Crippen MR) is 132 cm³/mol. The Morgan fingerprint density at radius 2 is 1.88 bits per heavy atom. The van der Waals surface area contributed by atoms with E-state index in [2.05, 4.69) is 22.5 Å². The van der Waals surface area contributed by atoms with E-state index in [1.165, 1.54) is 11.8 Å². The largest absolute Gasteiger partial charge is 0.385 e. The molecule has 6 nitrogen and oxygen atoms in total. The molecule has 0 aliphatic carbocycles. The van der Waals surface area contributed by atoms with Gasteiger partial charge in [-0.25, -0.2) is 0 Å². The highest BCUT2D eigenvalue weighted by Crippen LogP contribution is 2.29. The van der Waals surface area contributed by atoms with Gasteiger partial charge in [-0.1, -0.05) is 25.1 Å². The Morgan fingerprint density at radius 3 is 2.59 bits per heavy atom. The fourth-order valence-corrected chi connectivity index (χ4v) is 4.42. The molecule has 0 bridgehead atoms. The van der Waals surface area contributed by atoms with Crippen molar-refractivity contribution in [3.8, 4) is 0 Å². The molecule has 1 fully saturated rings. The quantitative estimate of drug-likeness (QED) is 0.410. The number of hydrogen-bond donors (Lipinski definition) is 2. The molecule has 172 valence electrons. The predicted octanol–water partition coefficient (Wildman–Crippen LogP) is 4.42. The van der Waals surface area contributed by atoms with Crippen molar-refractivity contribution in [2.45, 2.75) is 31.1 Å². The van der Waals surface area contributed by atoms with E-state index in [0.29, 0.717) is 36.1 Å². The highest BCUT2D eigenvalue weighted by Gasteiger charge is 2.21. The number of hydrogen-bond acceptors (Lipinski definition) is 5. The van der Waals surface area contributed by atoms with Crippen LogP contribution in [0, 0.1) is 5.92 Å². The molecule has 1 aliphatic rings. The molecule has 0 atom stereocenters. The van der Waals surface area contributed by atoms with Crippen LogP contribution < -0.4 is 15.5 Å². The molecule has 1 saturated heterocycles. The monoisotopic (exact) mass is 455 g/mol. The van der Waals surface area contributed by atoms with Gasteiger partial charge in [0.05, 0.1) is 11.3 Å².